The van der Waals surface area contributed by atoms with Crippen LogP contribution in [0, 0.1) is 11.3 Å². The molecule has 0 heterocycles. The van der Waals surface area contributed by atoms with E-state index in [2.05, 4.69) is 5.32 Å². The molecule has 0 saturated heterocycles. The van der Waals surface area contributed by atoms with E-state index in [0.29, 0.717) is 5.75 Å². The molecule has 0 atom stereocenters. The van der Waals surface area contributed by atoms with Gasteiger partial charge in [-0.1, -0.05) is 0 Å². The SMILES string of the molecule is N=C(N)COc1ccc(NC(=O)C2CC2)cc1. The number of benzene rings is 1. The second kappa shape index (κ2) is 4.86. The Bertz CT molecular complexity index is 424. The zero-order chi connectivity index (χ0) is 12.3. The van der Waals surface area contributed by atoms with Gasteiger partial charge in [0, 0.05) is 11.6 Å². The van der Waals surface area contributed by atoms with Crippen LogP contribution in [0.15, 0.2) is 24.3 Å². The molecule has 5 heteroatoms. The molecule has 0 bridgehead atoms. The Labute approximate surface area is 99.5 Å². The van der Waals surface area contributed by atoms with Crippen molar-refractivity contribution >= 4 is 17.4 Å². The van der Waals surface area contributed by atoms with Crippen LogP contribution in [0.3, 0.4) is 0 Å². The lowest BCUT2D eigenvalue weighted by molar-refractivity contribution is -0.117. The highest BCUT2D eigenvalue weighted by atomic mass is 16.5. The van der Waals surface area contributed by atoms with Crippen LogP contribution in [0.1, 0.15) is 12.8 Å². The number of carbonyl (C=O) groups is 1. The Balaban J connectivity index is 1.88. The highest BCUT2D eigenvalue weighted by Crippen LogP contribution is 2.30. The van der Waals surface area contributed by atoms with E-state index in [1.807, 2.05) is 0 Å². The largest absolute Gasteiger partial charge is 0.486 e. The van der Waals surface area contributed by atoms with Gasteiger partial charge in [-0.3, -0.25) is 10.2 Å². The topological polar surface area (TPSA) is 88.2 Å². The van der Waals surface area contributed by atoms with Crippen molar-refractivity contribution in [3.63, 3.8) is 0 Å². The van der Waals surface area contributed by atoms with E-state index in [0.717, 1.165) is 18.5 Å². The predicted octanol–water partition coefficient (Wildman–Crippen LogP) is 1.35. The minimum atomic E-state index is -0.0175. The van der Waals surface area contributed by atoms with Crippen LogP contribution in [0.2, 0.25) is 0 Å². The summed E-state index contributed by atoms with van der Waals surface area (Å²) in [6, 6.07) is 7.03. The van der Waals surface area contributed by atoms with Gasteiger partial charge in [-0.25, -0.2) is 0 Å². The molecule has 0 unspecified atom stereocenters. The van der Waals surface area contributed by atoms with E-state index in [9.17, 15) is 4.79 Å². The van der Waals surface area contributed by atoms with Gasteiger partial charge in [-0.2, -0.15) is 0 Å². The minimum Gasteiger partial charge on any atom is -0.486 e. The summed E-state index contributed by atoms with van der Waals surface area (Å²) in [5.74, 6) is 0.895. The number of hydrogen-bond acceptors (Lipinski definition) is 3. The molecule has 17 heavy (non-hydrogen) atoms. The first-order valence-corrected chi connectivity index (χ1v) is 5.52. The quantitative estimate of drug-likeness (QED) is 0.530. The molecule has 0 spiro atoms. The third-order valence-corrected chi connectivity index (χ3v) is 2.46. The van der Waals surface area contributed by atoms with E-state index >= 15 is 0 Å². The van der Waals surface area contributed by atoms with Crippen LogP contribution in [0.4, 0.5) is 5.69 Å². The molecule has 1 amide bonds. The Morgan fingerprint density at radius 2 is 2.06 bits per heavy atom. The number of nitrogens with two attached hydrogens (primary N) is 1. The molecule has 1 aromatic rings. The zero-order valence-electron chi connectivity index (χ0n) is 9.40. The number of nitrogens with one attached hydrogen (secondary N) is 2. The smallest absolute Gasteiger partial charge is 0.227 e. The Morgan fingerprint density at radius 3 is 2.59 bits per heavy atom. The Kier molecular flexibility index (Phi) is 3.27. The van der Waals surface area contributed by atoms with Gasteiger partial charge in [0.15, 0.2) is 0 Å². The second-order valence-corrected chi connectivity index (χ2v) is 4.10. The number of amides is 1. The summed E-state index contributed by atoms with van der Waals surface area (Å²) in [6.45, 7) is 0.0772. The summed E-state index contributed by atoms with van der Waals surface area (Å²) in [5, 5.41) is 9.86. The molecular weight excluding hydrogens is 218 g/mol. The first-order chi connectivity index (χ1) is 8.15. The van der Waals surface area contributed by atoms with Crippen LogP contribution in [0.25, 0.3) is 0 Å². The molecule has 1 aromatic carbocycles. The molecule has 4 N–H and O–H groups in total. The van der Waals surface area contributed by atoms with Crippen LogP contribution in [-0.2, 0) is 4.79 Å². The lowest BCUT2D eigenvalue weighted by Crippen LogP contribution is -2.19. The third kappa shape index (κ3) is 3.48. The molecule has 2 rings (SSSR count). The van der Waals surface area contributed by atoms with E-state index in [1.165, 1.54) is 0 Å². The average Bonchev–Trinajstić information content (AvgIpc) is 3.12. The number of anilines is 1. The normalized spacial score (nSPS) is 14.1. The van der Waals surface area contributed by atoms with Gasteiger partial charge in [0.1, 0.15) is 18.2 Å². The first-order valence-electron chi connectivity index (χ1n) is 5.52. The Hall–Kier alpha value is -2.04. The maximum absolute atomic E-state index is 11.5. The lowest BCUT2D eigenvalue weighted by atomic mass is 10.3. The van der Waals surface area contributed by atoms with Gasteiger partial charge < -0.3 is 15.8 Å². The molecule has 1 saturated carbocycles. The van der Waals surface area contributed by atoms with E-state index in [-0.39, 0.29) is 24.3 Å². The van der Waals surface area contributed by atoms with Crippen molar-refractivity contribution in [3.8, 4) is 5.75 Å². The van der Waals surface area contributed by atoms with Crippen molar-refractivity contribution in [1.29, 1.82) is 5.41 Å². The van der Waals surface area contributed by atoms with E-state index in [4.69, 9.17) is 15.9 Å². The molecule has 0 aliphatic heterocycles. The van der Waals surface area contributed by atoms with Crippen molar-refractivity contribution in [3.05, 3.63) is 24.3 Å². The second-order valence-electron chi connectivity index (χ2n) is 4.10. The molecular formula is C12H15N3O2. The standard InChI is InChI=1S/C12H15N3O2/c13-11(14)7-17-10-5-3-9(4-6-10)15-12(16)8-1-2-8/h3-6,8H,1-2,7H2,(H3,13,14)(H,15,16). The molecule has 0 radical (unpaired) electrons. The number of ether oxygens (including phenoxy) is 1. The van der Waals surface area contributed by atoms with Crippen LogP contribution in [0.5, 0.6) is 5.75 Å². The average molecular weight is 233 g/mol. The molecule has 1 aliphatic carbocycles. The molecule has 1 fully saturated rings. The molecule has 90 valence electrons. The third-order valence-electron chi connectivity index (χ3n) is 2.46. The maximum Gasteiger partial charge on any atom is 0.227 e. The monoisotopic (exact) mass is 233 g/mol. The number of amidine groups is 1. The van der Waals surface area contributed by atoms with Crippen molar-refractivity contribution in [2.45, 2.75) is 12.8 Å². The summed E-state index contributed by atoms with van der Waals surface area (Å²) in [7, 11) is 0. The van der Waals surface area contributed by atoms with Gasteiger partial charge in [0.25, 0.3) is 0 Å². The number of rotatable bonds is 5. The summed E-state index contributed by atoms with van der Waals surface area (Å²) in [6.07, 6.45) is 1.98. The van der Waals surface area contributed by atoms with Crippen molar-refractivity contribution in [2.24, 2.45) is 11.7 Å². The maximum atomic E-state index is 11.5. The molecule has 0 aromatic heterocycles. The van der Waals surface area contributed by atoms with E-state index in [1.54, 1.807) is 24.3 Å². The van der Waals surface area contributed by atoms with Crippen LogP contribution < -0.4 is 15.8 Å². The fourth-order valence-electron chi connectivity index (χ4n) is 1.39. The fourth-order valence-corrected chi connectivity index (χ4v) is 1.39. The van der Waals surface area contributed by atoms with E-state index < -0.39 is 0 Å². The minimum absolute atomic E-state index is 0.0175. The van der Waals surface area contributed by atoms with Gasteiger partial charge >= 0.3 is 0 Å². The van der Waals surface area contributed by atoms with Crippen LogP contribution in [-0.4, -0.2) is 18.3 Å². The van der Waals surface area contributed by atoms with Gasteiger partial charge in [-0.05, 0) is 37.1 Å². The predicted molar refractivity (Wildman–Crippen MR) is 65.2 cm³/mol. The molecule has 1 aliphatic rings. The summed E-state index contributed by atoms with van der Waals surface area (Å²) in [4.78, 5) is 11.5. The zero-order valence-corrected chi connectivity index (χ0v) is 9.40. The summed E-state index contributed by atoms with van der Waals surface area (Å²) in [5.41, 5.74) is 5.94. The number of carbonyl (C=O) groups excluding carboxylic acids is 1. The molecule has 5 nitrogen and oxygen atoms in total. The van der Waals surface area contributed by atoms with Crippen molar-refractivity contribution in [2.75, 3.05) is 11.9 Å². The summed E-state index contributed by atoms with van der Waals surface area (Å²) < 4.78 is 5.22. The van der Waals surface area contributed by atoms with Crippen molar-refractivity contribution in [1.82, 2.24) is 0 Å². The highest BCUT2D eigenvalue weighted by Gasteiger charge is 2.29. The van der Waals surface area contributed by atoms with Crippen LogP contribution >= 0.6 is 0 Å². The van der Waals surface area contributed by atoms with Gasteiger partial charge in [0.2, 0.25) is 5.91 Å². The number of hydrogen-bond donors (Lipinski definition) is 3. The van der Waals surface area contributed by atoms with Crippen molar-refractivity contribution < 1.29 is 9.53 Å². The summed E-state index contributed by atoms with van der Waals surface area (Å²) >= 11 is 0. The first kappa shape index (κ1) is 11.4. The van der Waals surface area contributed by atoms with Gasteiger partial charge in [0.05, 0.1) is 0 Å². The fraction of sp³-hybridized carbons (Fsp3) is 0.333. The lowest BCUT2D eigenvalue weighted by Gasteiger charge is -2.07. The highest BCUT2D eigenvalue weighted by molar-refractivity contribution is 5.94. The van der Waals surface area contributed by atoms with Gasteiger partial charge in [-0.15, -0.1) is 0 Å². The Morgan fingerprint density at radius 1 is 1.41 bits per heavy atom.